The molecule has 2 aromatic rings. The minimum Gasteiger partial charge on any atom is -0.464 e. The third-order valence-electron chi connectivity index (χ3n) is 2.89. The van der Waals surface area contributed by atoms with Crippen LogP contribution in [0.15, 0.2) is 47.1 Å². The summed E-state index contributed by atoms with van der Waals surface area (Å²) < 4.78 is 5.59. The molecule has 1 heterocycles. The van der Waals surface area contributed by atoms with Gasteiger partial charge in [0.1, 0.15) is 5.58 Å². The lowest BCUT2D eigenvalue weighted by molar-refractivity contribution is 0.534. The summed E-state index contributed by atoms with van der Waals surface area (Å²) in [7, 11) is 0. The highest BCUT2D eigenvalue weighted by molar-refractivity contribution is 5.81. The SMILES string of the molecule is C=C(C)CC(NCC)c1coc2ccccc12. The molecule has 0 bridgehead atoms. The first-order chi connectivity index (χ1) is 8.22. The van der Waals surface area contributed by atoms with Crippen molar-refractivity contribution in [3.8, 4) is 0 Å². The first-order valence-electron chi connectivity index (χ1n) is 6.06. The number of para-hydroxylation sites is 1. The lowest BCUT2D eigenvalue weighted by Gasteiger charge is -2.16. The first kappa shape index (κ1) is 11.9. The molecule has 0 spiro atoms. The lowest BCUT2D eigenvalue weighted by Crippen LogP contribution is -2.20. The van der Waals surface area contributed by atoms with Crippen LogP contribution in [0.3, 0.4) is 0 Å². The van der Waals surface area contributed by atoms with E-state index < -0.39 is 0 Å². The van der Waals surface area contributed by atoms with Crippen LogP contribution >= 0.6 is 0 Å². The average Bonchev–Trinajstić information content (AvgIpc) is 2.71. The average molecular weight is 229 g/mol. The Morgan fingerprint density at radius 1 is 1.41 bits per heavy atom. The number of furan rings is 1. The van der Waals surface area contributed by atoms with E-state index >= 15 is 0 Å². The Balaban J connectivity index is 2.37. The van der Waals surface area contributed by atoms with Crippen LogP contribution in [-0.4, -0.2) is 6.54 Å². The molecule has 0 aliphatic rings. The topological polar surface area (TPSA) is 25.2 Å². The molecule has 90 valence electrons. The number of rotatable bonds is 5. The predicted octanol–water partition coefficient (Wildman–Crippen LogP) is 4.05. The zero-order chi connectivity index (χ0) is 12.3. The van der Waals surface area contributed by atoms with Crippen molar-refractivity contribution in [3.63, 3.8) is 0 Å². The van der Waals surface area contributed by atoms with Crippen LogP contribution in [0.4, 0.5) is 0 Å². The molecular formula is C15H19NO. The quantitative estimate of drug-likeness (QED) is 0.782. The Hall–Kier alpha value is -1.54. The number of benzene rings is 1. The molecule has 1 aromatic heterocycles. The van der Waals surface area contributed by atoms with E-state index in [1.807, 2.05) is 24.5 Å². The van der Waals surface area contributed by atoms with Crippen LogP contribution in [0.2, 0.25) is 0 Å². The lowest BCUT2D eigenvalue weighted by atomic mass is 10.00. The van der Waals surface area contributed by atoms with Crippen LogP contribution in [0.5, 0.6) is 0 Å². The predicted molar refractivity (Wildman–Crippen MR) is 72.1 cm³/mol. The van der Waals surface area contributed by atoms with Crippen LogP contribution < -0.4 is 5.32 Å². The second kappa shape index (κ2) is 5.19. The van der Waals surface area contributed by atoms with Crippen LogP contribution in [0.1, 0.15) is 31.9 Å². The minimum atomic E-state index is 0.293. The molecule has 0 saturated heterocycles. The van der Waals surface area contributed by atoms with Gasteiger partial charge in [-0.1, -0.05) is 30.7 Å². The van der Waals surface area contributed by atoms with E-state index in [0.29, 0.717) is 6.04 Å². The normalized spacial score (nSPS) is 12.8. The monoisotopic (exact) mass is 229 g/mol. The summed E-state index contributed by atoms with van der Waals surface area (Å²) in [6.07, 6.45) is 2.80. The van der Waals surface area contributed by atoms with Crippen molar-refractivity contribution in [3.05, 3.63) is 48.2 Å². The summed E-state index contributed by atoms with van der Waals surface area (Å²) in [6.45, 7) is 9.12. The molecule has 17 heavy (non-hydrogen) atoms. The Bertz CT molecular complexity index is 512. The van der Waals surface area contributed by atoms with E-state index in [4.69, 9.17) is 4.42 Å². The first-order valence-corrected chi connectivity index (χ1v) is 6.06. The molecule has 2 rings (SSSR count). The standard InChI is InChI=1S/C15H19NO/c1-4-16-14(9-11(2)3)13-10-17-15-8-6-5-7-12(13)15/h5-8,10,14,16H,2,4,9H2,1,3H3. The van der Waals surface area contributed by atoms with E-state index in [1.54, 1.807) is 0 Å². The van der Waals surface area contributed by atoms with Crippen molar-refractivity contribution in [2.75, 3.05) is 6.54 Å². The molecule has 0 amide bonds. The van der Waals surface area contributed by atoms with Gasteiger partial charge in [0.05, 0.1) is 6.26 Å². The smallest absolute Gasteiger partial charge is 0.134 e. The highest BCUT2D eigenvalue weighted by Crippen LogP contribution is 2.29. The molecule has 0 radical (unpaired) electrons. The van der Waals surface area contributed by atoms with Gasteiger partial charge < -0.3 is 9.73 Å². The number of hydrogen-bond donors (Lipinski definition) is 1. The van der Waals surface area contributed by atoms with Gasteiger partial charge in [0, 0.05) is 17.0 Å². The Morgan fingerprint density at radius 3 is 2.88 bits per heavy atom. The van der Waals surface area contributed by atoms with E-state index in [0.717, 1.165) is 18.5 Å². The van der Waals surface area contributed by atoms with Crippen molar-refractivity contribution in [2.24, 2.45) is 0 Å². The molecule has 1 aromatic carbocycles. The van der Waals surface area contributed by atoms with Gasteiger partial charge in [0.15, 0.2) is 0 Å². The van der Waals surface area contributed by atoms with Crippen LogP contribution in [0.25, 0.3) is 11.0 Å². The molecule has 1 unspecified atom stereocenters. The van der Waals surface area contributed by atoms with Crippen molar-refractivity contribution in [2.45, 2.75) is 26.3 Å². The van der Waals surface area contributed by atoms with E-state index in [1.165, 1.54) is 16.5 Å². The van der Waals surface area contributed by atoms with E-state index in [9.17, 15) is 0 Å². The summed E-state index contributed by atoms with van der Waals surface area (Å²) in [5, 5.41) is 4.68. The number of fused-ring (bicyclic) bond motifs is 1. The zero-order valence-electron chi connectivity index (χ0n) is 10.5. The molecule has 2 nitrogen and oxygen atoms in total. The molecule has 0 aliphatic heterocycles. The fourth-order valence-electron chi connectivity index (χ4n) is 2.16. The summed E-state index contributed by atoms with van der Waals surface area (Å²) in [4.78, 5) is 0. The van der Waals surface area contributed by atoms with Gasteiger partial charge in [-0.15, -0.1) is 6.58 Å². The van der Waals surface area contributed by atoms with Gasteiger partial charge in [0.2, 0.25) is 0 Å². The van der Waals surface area contributed by atoms with Crippen molar-refractivity contribution < 1.29 is 4.42 Å². The minimum absolute atomic E-state index is 0.293. The third kappa shape index (κ3) is 2.59. The maximum Gasteiger partial charge on any atom is 0.134 e. The van der Waals surface area contributed by atoms with Crippen molar-refractivity contribution in [1.29, 1.82) is 0 Å². The molecule has 0 saturated carbocycles. The molecule has 1 N–H and O–H groups in total. The van der Waals surface area contributed by atoms with Gasteiger partial charge in [-0.25, -0.2) is 0 Å². The van der Waals surface area contributed by atoms with Gasteiger partial charge in [-0.05, 0) is 26.0 Å². The number of hydrogen-bond acceptors (Lipinski definition) is 2. The second-order valence-corrected chi connectivity index (χ2v) is 4.46. The summed E-state index contributed by atoms with van der Waals surface area (Å²) in [5.41, 5.74) is 3.36. The largest absolute Gasteiger partial charge is 0.464 e. The molecule has 0 fully saturated rings. The maximum absolute atomic E-state index is 5.59. The van der Waals surface area contributed by atoms with Gasteiger partial charge in [-0.3, -0.25) is 0 Å². The van der Waals surface area contributed by atoms with Crippen molar-refractivity contribution >= 4 is 11.0 Å². The van der Waals surface area contributed by atoms with Gasteiger partial charge in [-0.2, -0.15) is 0 Å². The van der Waals surface area contributed by atoms with Gasteiger partial charge >= 0.3 is 0 Å². The number of nitrogens with one attached hydrogen (secondary N) is 1. The Kier molecular flexibility index (Phi) is 3.64. The van der Waals surface area contributed by atoms with Crippen LogP contribution in [-0.2, 0) is 0 Å². The molecule has 1 atom stereocenters. The summed E-state index contributed by atoms with van der Waals surface area (Å²) in [6, 6.07) is 8.45. The maximum atomic E-state index is 5.59. The molecule has 0 aliphatic carbocycles. The highest BCUT2D eigenvalue weighted by Gasteiger charge is 2.15. The van der Waals surface area contributed by atoms with Crippen molar-refractivity contribution in [1.82, 2.24) is 5.32 Å². The summed E-state index contributed by atoms with van der Waals surface area (Å²) in [5.74, 6) is 0. The van der Waals surface area contributed by atoms with E-state index in [-0.39, 0.29) is 0 Å². The molecular weight excluding hydrogens is 210 g/mol. The Labute approximate surface area is 102 Å². The Morgan fingerprint density at radius 2 is 2.18 bits per heavy atom. The van der Waals surface area contributed by atoms with Gasteiger partial charge in [0.25, 0.3) is 0 Å². The fourth-order valence-corrected chi connectivity index (χ4v) is 2.16. The van der Waals surface area contributed by atoms with Crippen LogP contribution in [0, 0.1) is 0 Å². The second-order valence-electron chi connectivity index (χ2n) is 4.46. The zero-order valence-corrected chi connectivity index (χ0v) is 10.5. The third-order valence-corrected chi connectivity index (χ3v) is 2.89. The van der Waals surface area contributed by atoms with E-state index in [2.05, 4.69) is 31.8 Å². The highest BCUT2D eigenvalue weighted by atomic mass is 16.3. The summed E-state index contributed by atoms with van der Waals surface area (Å²) >= 11 is 0. The fraction of sp³-hybridized carbons (Fsp3) is 0.333. The molecule has 2 heteroatoms.